The number of rotatable bonds is 4. The summed E-state index contributed by atoms with van der Waals surface area (Å²) in [6, 6.07) is 22.4. The van der Waals surface area contributed by atoms with E-state index in [1.54, 1.807) is 0 Å². The topological polar surface area (TPSA) is 114 Å². The van der Waals surface area contributed by atoms with Gasteiger partial charge in [-0.05, 0) is 91.8 Å². The fraction of sp³-hybridized carbons (Fsp3) is 0.121. The number of hydrogen-bond acceptors (Lipinski definition) is 8. The van der Waals surface area contributed by atoms with Gasteiger partial charge in [-0.25, -0.2) is 0 Å². The highest BCUT2D eigenvalue weighted by Crippen LogP contribution is 2.46. The van der Waals surface area contributed by atoms with Gasteiger partial charge in [-0.15, -0.1) is 12.4 Å². The molecule has 0 saturated carbocycles. The fourth-order valence-corrected chi connectivity index (χ4v) is 5.82. The molecule has 5 aromatic rings. The van der Waals surface area contributed by atoms with E-state index < -0.39 is 16.9 Å². The molecular formula is C33H29Cl2NO6S. The Morgan fingerprint density at radius 2 is 1.60 bits per heavy atom. The van der Waals surface area contributed by atoms with Crippen molar-refractivity contribution < 1.29 is 24.8 Å². The van der Waals surface area contributed by atoms with E-state index in [-0.39, 0.29) is 46.2 Å². The van der Waals surface area contributed by atoms with Crippen molar-refractivity contribution in [2.45, 2.75) is 16.2 Å². The van der Waals surface area contributed by atoms with Crippen LogP contribution in [0.4, 0.5) is 0 Å². The first kappa shape index (κ1) is 31.8. The molecule has 0 bridgehead atoms. The van der Waals surface area contributed by atoms with Crippen molar-refractivity contribution in [1.82, 2.24) is 4.90 Å². The molecule has 222 valence electrons. The molecule has 0 radical (unpaired) electrons. The molecule has 0 amide bonds. The van der Waals surface area contributed by atoms with Crippen LogP contribution in [0, 0.1) is 0 Å². The summed E-state index contributed by atoms with van der Waals surface area (Å²) in [6.45, 7) is 1.05. The number of fused-ring (bicyclic) bond motifs is 3. The molecule has 1 aliphatic rings. The molecular weight excluding hydrogens is 609 g/mol. The first-order valence-corrected chi connectivity index (χ1v) is 14.2. The summed E-state index contributed by atoms with van der Waals surface area (Å²) in [7, 11) is 4.21. The van der Waals surface area contributed by atoms with E-state index in [2.05, 4.69) is 61.5 Å². The summed E-state index contributed by atoms with van der Waals surface area (Å²) < 4.78 is 5.43. The third-order valence-electron chi connectivity index (χ3n) is 6.64. The largest absolute Gasteiger partial charge is 0.508 e. The van der Waals surface area contributed by atoms with Gasteiger partial charge in [0.15, 0.2) is 17.3 Å². The monoisotopic (exact) mass is 637 g/mol. The summed E-state index contributed by atoms with van der Waals surface area (Å²) in [6.07, 6.45) is 3.38. The van der Waals surface area contributed by atoms with Crippen molar-refractivity contribution in [2.75, 3.05) is 20.6 Å². The Labute approximate surface area is 263 Å². The summed E-state index contributed by atoms with van der Waals surface area (Å²) in [5.41, 5.74) is 3.54. The minimum absolute atomic E-state index is 0. The van der Waals surface area contributed by atoms with Crippen molar-refractivity contribution in [2.24, 2.45) is 0 Å². The number of hydrogen-bond donors (Lipinski definition) is 4. The Morgan fingerprint density at radius 1 is 0.860 bits per heavy atom. The summed E-state index contributed by atoms with van der Waals surface area (Å²) in [5.74, 6) is -1.60. The molecule has 0 spiro atoms. The first-order chi connectivity index (χ1) is 20.1. The lowest BCUT2D eigenvalue weighted by Crippen LogP contribution is -2.12. The second-order valence-electron chi connectivity index (χ2n) is 9.94. The number of aromatic hydroxyl groups is 4. The van der Waals surface area contributed by atoms with E-state index in [1.807, 2.05) is 17.8 Å². The molecule has 2 heterocycles. The highest BCUT2D eigenvalue weighted by molar-refractivity contribution is 7.99. The lowest BCUT2D eigenvalue weighted by molar-refractivity contribution is 0.403. The van der Waals surface area contributed by atoms with Gasteiger partial charge in [0.25, 0.3) is 0 Å². The van der Waals surface area contributed by atoms with Crippen LogP contribution >= 0.6 is 35.8 Å². The molecule has 0 atom stereocenters. The lowest BCUT2D eigenvalue weighted by Gasteiger charge is -2.22. The zero-order valence-electron chi connectivity index (χ0n) is 23.2. The summed E-state index contributed by atoms with van der Waals surface area (Å²) in [4.78, 5) is 16.9. The molecule has 43 heavy (non-hydrogen) atoms. The van der Waals surface area contributed by atoms with E-state index in [9.17, 15) is 25.2 Å². The number of halogens is 2. The minimum Gasteiger partial charge on any atom is -0.508 e. The van der Waals surface area contributed by atoms with Crippen LogP contribution in [-0.2, 0) is 0 Å². The van der Waals surface area contributed by atoms with Crippen LogP contribution in [0.3, 0.4) is 0 Å². The van der Waals surface area contributed by atoms with Gasteiger partial charge < -0.3 is 29.7 Å². The van der Waals surface area contributed by atoms with Gasteiger partial charge in [-0.1, -0.05) is 47.6 Å². The maximum atomic E-state index is 12.1. The van der Waals surface area contributed by atoms with Crippen LogP contribution in [0.1, 0.15) is 17.5 Å². The molecule has 4 N–H and O–H groups in total. The Balaban J connectivity index is 0.000000192. The minimum atomic E-state index is -0.654. The third kappa shape index (κ3) is 6.95. The van der Waals surface area contributed by atoms with Gasteiger partial charge in [0.05, 0.1) is 5.39 Å². The van der Waals surface area contributed by atoms with Crippen molar-refractivity contribution in [3.8, 4) is 34.3 Å². The van der Waals surface area contributed by atoms with Gasteiger partial charge in [0.2, 0.25) is 11.2 Å². The van der Waals surface area contributed by atoms with E-state index in [0.29, 0.717) is 0 Å². The van der Waals surface area contributed by atoms with Crippen molar-refractivity contribution >= 4 is 52.3 Å². The number of phenols is 3. The zero-order chi connectivity index (χ0) is 30.0. The maximum absolute atomic E-state index is 12.1. The van der Waals surface area contributed by atoms with E-state index in [1.165, 1.54) is 56.8 Å². The van der Waals surface area contributed by atoms with Crippen molar-refractivity contribution in [1.29, 1.82) is 0 Å². The fourth-order valence-electron chi connectivity index (χ4n) is 4.56. The van der Waals surface area contributed by atoms with E-state index in [4.69, 9.17) is 16.0 Å². The average Bonchev–Trinajstić information content (AvgIpc) is 2.96. The molecule has 0 saturated heterocycles. The van der Waals surface area contributed by atoms with Crippen LogP contribution in [0.15, 0.2) is 104 Å². The number of phenolic OH excluding ortho intramolecular Hbond substituents is 3. The second kappa shape index (κ2) is 13.5. The smallest absolute Gasteiger partial charge is 0.235 e. The number of benzene rings is 4. The Hall–Kier alpha value is -4.08. The molecule has 10 heteroatoms. The van der Waals surface area contributed by atoms with Gasteiger partial charge in [-0.2, -0.15) is 0 Å². The molecule has 7 nitrogen and oxygen atoms in total. The SMILES string of the molecule is CN(C)CCC=C1c2ccccc2Sc2ccc(Cl)cc21.Cl.O=c1c(O)c(-c2ccc(O)c(O)c2)oc2cc(O)ccc12. The molecule has 6 rings (SSSR count). The highest BCUT2D eigenvalue weighted by atomic mass is 35.5. The molecule has 1 aromatic heterocycles. The predicted molar refractivity (Wildman–Crippen MR) is 174 cm³/mol. The van der Waals surface area contributed by atoms with E-state index >= 15 is 0 Å². The maximum Gasteiger partial charge on any atom is 0.235 e. The molecule has 0 aliphatic carbocycles. The van der Waals surface area contributed by atoms with Crippen LogP contribution in [0.5, 0.6) is 23.0 Å². The van der Waals surface area contributed by atoms with Crippen molar-refractivity contribution in [3.05, 3.63) is 111 Å². The van der Waals surface area contributed by atoms with Crippen LogP contribution in [0.2, 0.25) is 5.02 Å². The molecule has 4 aromatic carbocycles. The summed E-state index contributed by atoms with van der Waals surface area (Å²) >= 11 is 8.03. The quantitative estimate of drug-likeness (QED) is 0.144. The average molecular weight is 639 g/mol. The zero-order valence-corrected chi connectivity index (χ0v) is 25.6. The molecule has 0 fully saturated rings. The normalized spacial score (nSPS) is 12.7. The third-order valence-corrected chi connectivity index (χ3v) is 8.03. The highest BCUT2D eigenvalue weighted by Gasteiger charge is 2.21. The Bertz CT molecular complexity index is 1890. The first-order valence-electron chi connectivity index (χ1n) is 13.1. The van der Waals surface area contributed by atoms with Crippen molar-refractivity contribution in [3.63, 3.8) is 0 Å². The van der Waals surface area contributed by atoms with Crippen LogP contribution in [0.25, 0.3) is 27.9 Å². The van der Waals surface area contributed by atoms with Crippen LogP contribution in [-0.4, -0.2) is 46.0 Å². The van der Waals surface area contributed by atoms with Gasteiger partial charge in [-0.3, -0.25) is 4.79 Å². The second-order valence-corrected chi connectivity index (χ2v) is 11.5. The molecule has 1 aliphatic heterocycles. The predicted octanol–water partition coefficient (Wildman–Crippen LogP) is 7.89. The van der Waals surface area contributed by atoms with Gasteiger partial charge >= 0.3 is 0 Å². The number of nitrogens with zero attached hydrogens (tertiary/aromatic N) is 1. The summed E-state index contributed by atoms with van der Waals surface area (Å²) in [5, 5.41) is 39.1. The van der Waals surface area contributed by atoms with Gasteiger partial charge in [0, 0.05) is 33.0 Å². The van der Waals surface area contributed by atoms with Gasteiger partial charge in [0.1, 0.15) is 11.3 Å². The van der Waals surface area contributed by atoms with Crippen LogP contribution < -0.4 is 5.43 Å². The lowest BCUT2D eigenvalue weighted by atomic mass is 9.96. The Morgan fingerprint density at radius 3 is 2.35 bits per heavy atom. The molecule has 0 unspecified atom stereocenters. The van der Waals surface area contributed by atoms with E-state index in [0.717, 1.165) is 24.1 Å². The standard InChI is InChI=1S/C18H18ClNS.C15H10O6.ClH/c1-20(2)11-5-7-14-15-6-3-4-8-17(15)21-18-10-9-13(19)12-16(14)18;16-8-2-3-9-12(6-8)21-15(14(20)13(9)19)7-1-4-10(17)11(18)5-7;/h3-4,6-10,12H,5,11H2,1-2H3;1-6,16-18,20H;1H. The Kier molecular flexibility index (Phi) is 9.98.